The number of aromatic nitrogens is 4. The first-order valence-corrected chi connectivity index (χ1v) is 23.2. The van der Waals surface area contributed by atoms with E-state index in [0.29, 0.717) is 105 Å². The molecule has 19 nitrogen and oxygen atoms in total. The number of carbonyl (C=O) groups is 5. The second-order valence-electron chi connectivity index (χ2n) is 15.8. The fourth-order valence-electron chi connectivity index (χ4n) is 8.08. The van der Waals surface area contributed by atoms with Crippen molar-refractivity contribution in [3.05, 3.63) is 90.3 Å². The van der Waals surface area contributed by atoms with Crippen LogP contribution in [0.3, 0.4) is 0 Å². The van der Waals surface area contributed by atoms with Crippen molar-refractivity contribution in [3.8, 4) is 22.8 Å². The van der Waals surface area contributed by atoms with Gasteiger partial charge in [-0.15, -0.1) is 11.8 Å². The van der Waals surface area contributed by atoms with Gasteiger partial charge in [0.25, 0.3) is 11.8 Å². The summed E-state index contributed by atoms with van der Waals surface area (Å²) in [5, 5.41) is 7.86. The third-order valence-corrected chi connectivity index (χ3v) is 12.4. The predicted octanol–water partition coefficient (Wildman–Crippen LogP) is 4.31. The SMILES string of the molecule is Nc1ncnc2c1c(-c1ccc(Oc3ccccc3)cc1)nn2[C@@H]1CCCN(C(=O)COCCOCCOCCOCCOCCSc2cccc3c2C(=O)N(C2CCC(=O)NC2=O)C3=O)C1. The van der Waals surface area contributed by atoms with Crippen LogP contribution in [0.15, 0.2) is 84.0 Å². The van der Waals surface area contributed by atoms with Crippen molar-refractivity contribution in [1.82, 2.24) is 34.9 Å². The van der Waals surface area contributed by atoms with Crippen LogP contribution in [0.1, 0.15) is 52.4 Å². The number of likely N-dealkylation sites (tertiary alicyclic amines) is 1. The van der Waals surface area contributed by atoms with Gasteiger partial charge in [-0.05, 0) is 67.8 Å². The molecule has 8 rings (SSSR count). The number of carbonyl (C=O) groups excluding carboxylic acids is 5. The summed E-state index contributed by atoms with van der Waals surface area (Å²) in [6, 6.07) is 21.1. The molecule has 0 radical (unpaired) electrons. The maximum Gasteiger partial charge on any atom is 0.263 e. The number of nitrogen functional groups attached to an aromatic ring is 1. The Morgan fingerprint density at radius 3 is 2.16 bits per heavy atom. The van der Waals surface area contributed by atoms with Crippen LogP contribution in [0.4, 0.5) is 5.82 Å². The number of rotatable bonds is 23. The Balaban J connectivity index is 0.662. The van der Waals surface area contributed by atoms with Crippen molar-refractivity contribution in [2.24, 2.45) is 0 Å². The number of para-hydroxylation sites is 1. The van der Waals surface area contributed by atoms with Crippen LogP contribution in [-0.4, -0.2) is 150 Å². The van der Waals surface area contributed by atoms with E-state index in [9.17, 15) is 24.0 Å². The molecule has 2 atom stereocenters. The number of imide groups is 2. The molecule has 0 aliphatic carbocycles. The number of thioether (sulfide) groups is 1. The average molecular weight is 937 g/mol. The first kappa shape index (κ1) is 47.2. The number of benzene rings is 3. The number of nitrogens with zero attached hydrogens (tertiary/aromatic N) is 6. The Hall–Kier alpha value is -6.29. The normalized spacial score (nSPS) is 17.3. The van der Waals surface area contributed by atoms with E-state index in [1.54, 1.807) is 23.1 Å². The Morgan fingerprint density at radius 1 is 0.761 bits per heavy atom. The average Bonchev–Trinajstić information content (AvgIpc) is 3.86. The summed E-state index contributed by atoms with van der Waals surface area (Å²) in [5.74, 6) is 0.0722. The molecule has 352 valence electrons. The van der Waals surface area contributed by atoms with E-state index in [4.69, 9.17) is 39.3 Å². The third-order valence-electron chi connectivity index (χ3n) is 11.3. The fourth-order valence-corrected chi connectivity index (χ4v) is 9.02. The van der Waals surface area contributed by atoms with Crippen LogP contribution in [0.25, 0.3) is 22.3 Å². The molecule has 2 fully saturated rings. The van der Waals surface area contributed by atoms with Crippen LogP contribution < -0.4 is 15.8 Å². The van der Waals surface area contributed by atoms with Gasteiger partial charge in [0.15, 0.2) is 5.65 Å². The maximum absolute atomic E-state index is 13.3. The molecule has 0 saturated carbocycles. The van der Waals surface area contributed by atoms with Crippen LogP contribution in [0, 0.1) is 0 Å². The lowest BCUT2D eigenvalue weighted by molar-refractivity contribution is -0.138. The van der Waals surface area contributed by atoms with Gasteiger partial charge < -0.3 is 39.1 Å². The molecule has 3 aliphatic heterocycles. The lowest BCUT2D eigenvalue weighted by Crippen LogP contribution is -2.54. The van der Waals surface area contributed by atoms with Crippen molar-refractivity contribution in [1.29, 1.82) is 0 Å². The highest BCUT2D eigenvalue weighted by molar-refractivity contribution is 7.99. The van der Waals surface area contributed by atoms with E-state index in [1.165, 1.54) is 18.1 Å². The predicted molar refractivity (Wildman–Crippen MR) is 244 cm³/mol. The number of ether oxygens (including phenoxy) is 6. The minimum Gasteiger partial charge on any atom is -0.457 e. The number of amides is 5. The smallest absolute Gasteiger partial charge is 0.263 e. The van der Waals surface area contributed by atoms with Crippen molar-refractivity contribution in [2.45, 2.75) is 42.7 Å². The van der Waals surface area contributed by atoms with Crippen molar-refractivity contribution in [3.63, 3.8) is 0 Å². The molecule has 0 spiro atoms. The zero-order valence-electron chi connectivity index (χ0n) is 36.8. The van der Waals surface area contributed by atoms with Gasteiger partial charge in [0.1, 0.15) is 42.0 Å². The summed E-state index contributed by atoms with van der Waals surface area (Å²) in [6.07, 6.45) is 3.22. The van der Waals surface area contributed by atoms with Crippen LogP contribution in [0.2, 0.25) is 0 Å². The van der Waals surface area contributed by atoms with E-state index in [-0.39, 0.29) is 49.1 Å². The van der Waals surface area contributed by atoms with Gasteiger partial charge in [-0.25, -0.2) is 14.6 Å². The van der Waals surface area contributed by atoms with E-state index in [0.717, 1.165) is 29.1 Å². The minimum absolute atomic E-state index is 0.0604. The number of nitrogens with one attached hydrogen (secondary N) is 1. The molecule has 3 aliphatic rings. The Labute approximate surface area is 390 Å². The lowest BCUT2D eigenvalue weighted by Gasteiger charge is -2.33. The molecule has 3 aromatic carbocycles. The van der Waals surface area contributed by atoms with Crippen molar-refractivity contribution in [2.75, 3.05) is 90.6 Å². The van der Waals surface area contributed by atoms with E-state index < -0.39 is 29.7 Å². The highest BCUT2D eigenvalue weighted by Crippen LogP contribution is 2.36. The molecular weight excluding hydrogens is 885 g/mol. The Kier molecular flexibility index (Phi) is 16.2. The molecule has 67 heavy (non-hydrogen) atoms. The standard InChI is InChI=1S/C47H52N8O11S/c48-43-41-42(31-11-13-34(14-12-31)66-33-7-2-1-3-8-33)52-55(44(41)50-30-49-43)32-6-5-17-53(28-32)39(57)29-65-25-24-63-21-20-61-18-19-62-22-23-64-26-27-67-37-10-4-9-35-40(37)47(60)54(46(35)59)36-15-16-38(56)51-45(36)58/h1-4,7-14,30,32,36H,5-6,15-29H2,(H2,48,49,50)(H,51,56,58)/t32-,36?/m1/s1. The molecule has 5 aromatic rings. The summed E-state index contributed by atoms with van der Waals surface area (Å²) in [6.45, 7) is 4.24. The quantitative estimate of drug-likeness (QED) is 0.0528. The number of fused-ring (bicyclic) bond motifs is 2. The second kappa shape index (κ2) is 22.9. The molecule has 2 saturated heterocycles. The minimum atomic E-state index is -1.01. The van der Waals surface area contributed by atoms with Gasteiger partial charge in [-0.3, -0.25) is 34.2 Å². The van der Waals surface area contributed by atoms with Gasteiger partial charge in [0.05, 0.1) is 82.0 Å². The van der Waals surface area contributed by atoms with Crippen LogP contribution in [-0.2, 0) is 38.1 Å². The number of nitrogens with two attached hydrogens (primary N) is 1. The Morgan fingerprint density at radius 2 is 1.45 bits per heavy atom. The number of hydrogen-bond donors (Lipinski definition) is 2. The first-order chi connectivity index (χ1) is 32.8. The largest absolute Gasteiger partial charge is 0.457 e. The fraction of sp³-hybridized carbons (Fsp3) is 0.404. The lowest BCUT2D eigenvalue weighted by atomic mass is 10.0. The van der Waals surface area contributed by atoms with Gasteiger partial charge in [-0.1, -0.05) is 24.3 Å². The van der Waals surface area contributed by atoms with Gasteiger partial charge in [-0.2, -0.15) is 5.10 Å². The zero-order valence-corrected chi connectivity index (χ0v) is 37.7. The summed E-state index contributed by atoms with van der Waals surface area (Å²) in [5.41, 5.74) is 9.02. The molecule has 5 heterocycles. The summed E-state index contributed by atoms with van der Waals surface area (Å²) in [4.78, 5) is 75.6. The van der Waals surface area contributed by atoms with Crippen LogP contribution >= 0.6 is 11.8 Å². The summed E-state index contributed by atoms with van der Waals surface area (Å²) >= 11 is 1.39. The van der Waals surface area contributed by atoms with E-state index >= 15 is 0 Å². The topological polar surface area (TPSA) is 229 Å². The number of hydrogen-bond acceptors (Lipinski definition) is 16. The Bertz CT molecular complexity index is 2540. The molecule has 3 N–H and O–H groups in total. The number of piperidine rings is 2. The monoisotopic (exact) mass is 936 g/mol. The van der Waals surface area contributed by atoms with Crippen molar-refractivity contribution < 1.29 is 52.4 Å². The number of anilines is 1. The molecule has 0 bridgehead atoms. The first-order valence-electron chi connectivity index (χ1n) is 22.2. The molecule has 20 heteroatoms. The van der Waals surface area contributed by atoms with Gasteiger partial charge in [0.2, 0.25) is 17.7 Å². The molecule has 2 aromatic heterocycles. The highest BCUT2D eigenvalue weighted by atomic mass is 32.2. The van der Waals surface area contributed by atoms with E-state index in [2.05, 4.69) is 15.3 Å². The molecule has 5 amide bonds. The van der Waals surface area contributed by atoms with E-state index in [1.807, 2.05) is 59.3 Å². The summed E-state index contributed by atoms with van der Waals surface area (Å²) in [7, 11) is 0. The second-order valence-corrected chi connectivity index (χ2v) is 16.9. The maximum atomic E-state index is 13.3. The van der Waals surface area contributed by atoms with Crippen molar-refractivity contribution >= 4 is 58.1 Å². The molecular formula is C47H52N8O11S. The van der Waals surface area contributed by atoms with Crippen LogP contribution in [0.5, 0.6) is 11.5 Å². The third kappa shape index (κ3) is 11.6. The molecule has 1 unspecified atom stereocenters. The zero-order chi connectivity index (χ0) is 46.5. The van der Waals surface area contributed by atoms with Gasteiger partial charge in [0, 0.05) is 35.7 Å². The highest BCUT2D eigenvalue weighted by Gasteiger charge is 2.45. The summed E-state index contributed by atoms with van der Waals surface area (Å²) < 4.78 is 35.9. The van der Waals surface area contributed by atoms with Gasteiger partial charge >= 0.3 is 0 Å².